The van der Waals surface area contributed by atoms with E-state index in [4.69, 9.17) is 0 Å². The van der Waals surface area contributed by atoms with Gasteiger partial charge in [-0.05, 0) is 47.2 Å². The predicted octanol–water partition coefficient (Wildman–Crippen LogP) is 7.29. The first-order chi connectivity index (χ1) is 13.6. The van der Waals surface area contributed by atoms with Gasteiger partial charge in [0, 0.05) is 39.7 Å². The van der Waals surface area contributed by atoms with Crippen molar-refractivity contribution in [2.45, 2.75) is 63.3 Å². The number of fused-ring (bicyclic) bond motifs is 1. The SMILES string of the molecule is C=CC(C)(C)c1cc(SCCCn2ccc3ccccc32)cc(C(C)(C)C)c1O. The molecular formula is C26H33NOS. The Balaban J connectivity index is 1.76. The van der Waals surface area contributed by atoms with E-state index in [0.717, 1.165) is 29.8 Å². The standard InChI is InChI=1S/C26H33NOS/c1-7-26(5,6)22-18-20(17-21(24(22)28)25(2,3)4)29-16-10-14-27-15-13-19-11-8-9-12-23(19)27/h7-9,11-13,15,17-18,28H,1,10,14,16H2,2-6H3. The Morgan fingerprint density at radius 3 is 2.41 bits per heavy atom. The van der Waals surface area contributed by atoms with Crippen LogP contribution in [-0.4, -0.2) is 15.4 Å². The summed E-state index contributed by atoms with van der Waals surface area (Å²) in [6, 6.07) is 15.0. The number of aromatic nitrogens is 1. The fourth-order valence-electron chi connectivity index (χ4n) is 3.62. The number of aromatic hydroxyl groups is 1. The molecule has 2 nitrogen and oxygen atoms in total. The summed E-state index contributed by atoms with van der Waals surface area (Å²) in [4.78, 5) is 1.22. The molecule has 29 heavy (non-hydrogen) atoms. The van der Waals surface area contributed by atoms with Crippen LogP contribution in [0.25, 0.3) is 10.9 Å². The molecule has 0 spiro atoms. The van der Waals surface area contributed by atoms with Gasteiger partial charge in [0.05, 0.1) is 0 Å². The highest BCUT2D eigenvalue weighted by molar-refractivity contribution is 7.99. The van der Waals surface area contributed by atoms with E-state index in [1.165, 1.54) is 15.8 Å². The minimum atomic E-state index is -0.273. The van der Waals surface area contributed by atoms with E-state index >= 15 is 0 Å². The van der Waals surface area contributed by atoms with Crippen LogP contribution in [0.1, 0.15) is 52.2 Å². The van der Waals surface area contributed by atoms with Crippen LogP contribution in [0.3, 0.4) is 0 Å². The summed E-state index contributed by atoms with van der Waals surface area (Å²) in [6.07, 6.45) is 5.19. The van der Waals surface area contributed by atoms with E-state index in [0.29, 0.717) is 5.75 Å². The van der Waals surface area contributed by atoms with E-state index < -0.39 is 0 Å². The van der Waals surface area contributed by atoms with Gasteiger partial charge in [-0.15, -0.1) is 18.3 Å². The zero-order valence-corrected chi connectivity index (χ0v) is 19.1. The van der Waals surface area contributed by atoms with Crippen molar-refractivity contribution < 1.29 is 5.11 Å². The van der Waals surface area contributed by atoms with Gasteiger partial charge in [-0.3, -0.25) is 0 Å². The van der Waals surface area contributed by atoms with Crippen molar-refractivity contribution >= 4 is 22.7 Å². The van der Waals surface area contributed by atoms with Crippen LogP contribution in [0.2, 0.25) is 0 Å². The highest BCUT2D eigenvalue weighted by atomic mass is 32.2. The summed E-state index contributed by atoms with van der Waals surface area (Å²) < 4.78 is 2.33. The number of hydrogen-bond donors (Lipinski definition) is 1. The number of benzene rings is 2. The van der Waals surface area contributed by atoms with Crippen molar-refractivity contribution in [1.29, 1.82) is 0 Å². The number of para-hydroxylation sites is 1. The fourth-order valence-corrected chi connectivity index (χ4v) is 4.54. The summed E-state index contributed by atoms with van der Waals surface area (Å²) in [5.41, 5.74) is 2.87. The number of phenolic OH excluding ortho intramolecular Hbond substituents is 1. The Morgan fingerprint density at radius 2 is 1.72 bits per heavy atom. The minimum absolute atomic E-state index is 0.114. The van der Waals surface area contributed by atoms with Crippen LogP contribution in [0.5, 0.6) is 5.75 Å². The molecule has 2 aromatic carbocycles. The van der Waals surface area contributed by atoms with Crippen LogP contribution < -0.4 is 0 Å². The third-order valence-electron chi connectivity index (χ3n) is 5.59. The first-order valence-corrected chi connectivity index (χ1v) is 11.3. The zero-order valence-electron chi connectivity index (χ0n) is 18.3. The van der Waals surface area contributed by atoms with Crippen LogP contribution >= 0.6 is 11.8 Å². The van der Waals surface area contributed by atoms with E-state index in [2.05, 4.69) is 94.4 Å². The molecule has 0 aliphatic rings. The number of rotatable bonds is 7. The molecule has 3 rings (SSSR count). The summed E-state index contributed by atoms with van der Waals surface area (Å²) in [7, 11) is 0. The van der Waals surface area contributed by atoms with Gasteiger partial charge in [0.1, 0.15) is 5.75 Å². The third kappa shape index (κ3) is 4.72. The molecule has 3 heteroatoms. The van der Waals surface area contributed by atoms with Gasteiger partial charge in [-0.1, -0.05) is 58.9 Å². The van der Waals surface area contributed by atoms with Crippen LogP contribution in [0.15, 0.2) is 66.2 Å². The van der Waals surface area contributed by atoms with E-state index in [-0.39, 0.29) is 10.8 Å². The van der Waals surface area contributed by atoms with Gasteiger partial charge in [-0.2, -0.15) is 0 Å². The van der Waals surface area contributed by atoms with E-state index in [1.54, 1.807) is 0 Å². The second-order valence-corrected chi connectivity index (χ2v) is 10.5. The monoisotopic (exact) mass is 407 g/mol. The van der Waals surface area contributed by atoms with Gasteiger partial charge < -0.3 is 9.67 Å². The molecule has 0 bridgehead atoms. The molecule has 0 atom stereocenters. The van der Waals surface area contributed by atoms with Crippen molar-refractivity contribution in [3.8, 4) is 5.75 Å². The fraction of sp³-hybridized carbons (Fsp3) is 0.385. The number of phenols is 1. The Hall–Kier alpha value is -2.13. The Labute approximate surface area is 179 Å². The first-order valence-electron chi connectivity index (χ1n) is 10.3. The lowest BCUT2D eigenvalue weighted by atomic mass is 9.78. The van der Waals surface area contributed by atoms with Gasteiger partial charge in [-0.25, -0.2) is 0 Å². The Morgan fingerprint density at radius 1 is 1.03 bits per heavy atom. The second-order valence-electron chi connectivity index (χ2n) is 9.31. The van der Waals surface area contributed by atoms with Crippen molar-refractivity contribution in [2.24, 2.45) is 0 Å². The highest BCUT2D eigenvalue weighted by Gasteiger charge is 2.27. The number of allylic oxidation sites excluding steroid dienone is 1. The highest BCUT2D eigenvalue weighted by Crippen LogP contribution is 2.42. The van der Waals surface area contributed by atoms with Crippen LogP contribution in [-0.2, 0) is 17.4 Å². The summed E-state index contributed by atoms with van der Waals surface area (Å²) >= 11 is 1.87. The van der Waals surface area contributed by atoms with Crippen molar-refractivity contribution in [1.82, 2.24) is 4.57 Å². The summed E-state index contributed by atoms with van der Waals surface area (Å²) in [5, 5.41) is 12.2. The molecule has 0 unspecified atom stereocenters. The molecule has 0 amide bonds. The lowest BCUT2D eigenvalue weighted by Crippen LogP contribution is -2.18. The molecule has 0 aliphatic heterocycles. The number of hydrogen-bond acceptors (Lipinski definition) is 2. The molecule has 0 fully saturated rings. The Bertz CT molecular complexity index is 1010. The molecule has 1 heterocycles. The quantitative estimate of drug-likeness (QED) is 0.253. The van der Waals surface area contributed by atoms with Gasteiger partial charge >= 0.3 is 0 Å². The maximum atomic E-state index is 11.0. The van der Waals surface area contributed by atoms with Crippen LogP contribution in [0, 0.1) is 0 Å². The average molecular weight is 408 g/mol. The van der Waals surface area contributed by atoms with Crippen molar-refractivity contribution in [2.75, 3.05) is 5.75 Å². The molecule has 1 N–H and O–H groups in total. The van der Waals surface area contributed by atoms with Crippen LogP contribution in [0.4, 0.5) is 0 Å². The Kier molecular flexibility index (Phi) is 6.19. The molecular weight excluding hydrogens is 374 g/mol. The largest absolute Gasteiger partial charge is 0.507 e. The normalized spacial score (nSPS) is 12.4. The molecule has 3 aromatic rings. The maximum absolute atomic E-state index is 11.0. The summed E-state index contributed by atoms with van der Waals surface area (Å²) in [6.45, 7) is 15.7. The molecule has 0 saturated heterocycles. The van der Waals surface area contributed by atoms with Gasteiger partial charge in [0.15, 0.2) is 0 Å². The molecule has 154 valence electrons. The predicted molar refractivity (Wildman–Crippen MR) is 127 cm³/mol. The average Bonchev–Trinajstić information content (AvgIpc) is 3.08. The maximum Gasteiger partial charge on any atom is 0.123 e. The van der Waals surface area contributed by atoms with Gasteiger partial charge in [0.2, 0.25) is 0 Å². The lowest BCUT2D eigenvalue weighted by molar-refractivity contribution is 0.429. The summed E-state index contributed by atoms with van der Waals surface area (Å²) in [5.74, 6) is 1.44. The van der Waals surface area contributed by atoms with E-state index in [9.17, 15) is 5.11 Å². The number of aryl methyl sites for hydroxylation is 1. The molecule has 0 radical (unpaired) electrons. The van der Waals surface area contributed by atoms with E-state index in [1.807, 2.05) is 17.8 Å². The second kappa shape index (κ2) is 8.31. The zero-order chi connectivity index (χ0) is 21.2. The molecule has 0 saturated carbocycles. The van der Waals surface area contributed by atoms with Crippen molar-refractivity contribution in [3.63, 3.8) is 0 Å². The molecule has 0 aliphatic carbocycles. The van der Waals surface area contributed by atoms with Crippen molar-refractivity contribution in [3.05, 3.63) is 72.4 Å². The number of nitrogens with zero attached hydrogens (tertiary/aromatic N) is 1. The number of thioether (sulfide) groups is 1. The first kappa shape index (κ1) is 21.6. The molecule has 1 aromatic heterocycles. The third-order valence-corrected chi connectivity index (χ3v) is 6.65. The minimum Gasteiger partial charge on any atom is -0.507 e. The lowest BCUT2D eigenvalue weighted by Gasteiger charge is -2.28. The smallest absolute Gasteiger partial charge is 0.123 e. The van der Waals surface area contributed by atoms with Gasteiger partial charge in [0.25, 0.3) is 0 Å². The topological polar surface area (TPSA) is 25.2 Å².